The van der Waals surface area contributed by atoms with Gasteiger partial charge in [-0.1, -0.05) is 34.1 Å². The van der Waals surface area contributed by atoms with E-state index < -0.39 is 35.9 Å². The normalized spacial score (nSPS) is 19.9. The molecule has 0 aromatic rings. The fourth-order valence-corrected chi connectivity index (χ4v) is 3.87. The van der Waals surface area contributed by atoms with Gasteiger partial charge in [0.15, 0.2) is 0 Å². The van der Waals surface area contributed by atoms with Gasteiger partial charge < -0.3 is 26.4 Å². The molecule has 5 N–H and O–H groups in total. The molecule has 0 spiro atoms. The molecule has 1 aliphatic rings. The number of carbonyl (C=O) groups excluding carboxylic acids is 3. The minimum Gasteiger partial charge on any atom is -0.480 e. The van der Waals surface area contributed by atoms with Gasteiger partial charge in [0, 0.05) is 0 Å². The van der Waals surface area contributed by atoms with E-state index in [2.05, 4.69) is 21.3 Å². The monoisotopic (exact) mass is 458 g/mol. The summed E-state index contributed by atoms with van der Waals surface area (Å²) in [5.74, 6) is -2.10. The Morgan fingerprint density at radius 2 is 1.71 bits per heavy atom. The molecule has 31 heavy (non-hydrogen) atoms. The van der Waals surface area contributed by atoms with E-state index in [-0.39, 0.29) is 23.8 Å². The summed E-state index contributed by atoms with van der Waals surface area (Å²) in [5, 5.41) is 20.6. The van der Waals surface area contributed by atoms with Gasteiger partial charge in [-0.05, 0) is 49.7 Å². The fourth-order valence-electron chi connectivity index (χ4n) is 3.40. The van der Waals surface area contributed by atoms with Crippen molar-refractivity contribution in [2.75, 3.05) is 18.6 Å². The number of carboxylic acids is 1. The van der Waals surface area contributed by atoms with E-state index in [0.29, 0.717) is 18.6 Å². The minimum absolute atomic E-state index is 0.130. The van der Waals surface area contributed by atoms with Crippen molar-refractivity contribution in [2.45, 2.75) is 77.5 Å². The van der Waals surface area contributed by atoms with E-state index in [9.17, 15) is 24.3 Å². The maximum atomic E-state index is 13.1. The third kappa shape index (κ3) is 8.68. The highest BCUT2D eigenvalue weighted by Crippen LogP contribution is 2.13. The number of rotatable bonds is 13. The van der Waals surface area contributed by atoms with Crippen LogP contribution in [0.2, 0.25) is 0 Å². The highest BCUT2D eigenvalue weighted by atomic mass is 32.2. The lowest BCUT2D eigenvalue weighted by atomic mass is 9.96. The van der Waals surface area contributed by atoms with E-state index in [1.807, 2.05) is 20.1 Å². The van der Waals surface area contributed by atoms with Gasteiger partial charge in [0.25, 0.3) is 0 Å². The van der Waals surface area contributed by atoms with Crippen LogP contribution in [0.3, 0.4) is 0 Å². The molecule has 0 aromatic carbocycles. The Morgan fingerprint density at radius 1 is 1.06 bits per heavy atom. The molecule has 0 radical (unpaired) electrons. The molecular formula is C21H38N4O5S. The lowest BCUT2D eigenvalue weighted by Crippen LogP contribution is -2.59. The van der Waals surface area contributed by atoms with Crippen molar-refractivity contribution in [3.05, 3.63) is 0 Å². The van der Waals surface area contributed by atoms with E-state index >= 15 is 0 Å². The van der Waals surface area contributed by atoms with Gasteiger partial charge in [-0.25, -0.2) is 4.79 Å². The van der Waals surface area contributed by atoms with E-state index in [1.165, 1.54) is 11.8 Å². The predicted octanol–water partition coefficient (Wildman–Crippen LogP) is 0.733. The second-order valence-corrected chi connectivity index (χ2v) is 9.42. The van der Waals surface area contributed by atoms with E-state index in [4.69, 9.17) is 0 Å². The molecule has 1 rings (SSSR count). The molecule has 178 valence electrons. The lowest BCUT2D eigenvalue weighted by Gasteiger charge is -2.29. The van der Waals surface area contributed by atoms with Crippen LogP contribution < -0.4 is 21.3 Å². The number of hydrogen-bond donors (Lipinski definition) is 5. The smallest absolute Gasteiger partial charge is 0.326 e. The number of carboxylic acid groups (broad SMARTS) is 1. The van der Waals surface area contributed by atoms with E-state index in [1.54, 1.807) is 13.8 Å². The Labute approximate surface area is 189 Å². The highest BCUT2D eigenvalue weighted by molar-refractivity contribution is 7.98. The third-order valence-corrected chi connectivity index (χ3v) is 6.29. The second-order valence-electron chi connectivity index (χ2n) is 8.43. The summed E-state index contributed by atoms with van der Waals surface area (Å²) in [6.45, 7) is 8.14. The van der Waals surface area contributed by atoms with Crippen molar-refractivity contribution in [3.63, 3.8) is 0 Å². The first kappa shape index (κ1) is 27.2. The SMILES string of the molecule is CCC(C)C(NC(=O)C1CCCN1)C(=O)NC(C(=O)NC(CCSC)C(=O)O)C(C)C. The molecule has 1 heterocycles. The van der Waals surface area contributed by atoms with Crippen molar-refractivity contribution in [1.82, 2.24) is 21.3 Å². The van der Waals surface area contributed by atoms with Crippen LogP contribution in [-0.4, -0.2) is 71.5 Å². The largest absolute Gasteiger partial charge is 0.480 e. The lowest BCUT2D eigenvalue weighted by molar-refractivity contribution is -0.142. The Morgan fingerprint density at radius 3 is 2.19 bits per heavy atom. The van der Waals surface area contributed by atoms with Crippen LogP contribution in [0.15, 0.2) is 0 Å². The Hall–Kier alpha value is -1.81. The Kier molecular flexibility index (Phi) is 11.9. The summed E-state index contributed by atoms with van der Waals surface area (Å²) in [5.41, 5.74) is 0. The molecular weight excluding hydrogens is 420 g/mol. The van der Waals surface area contributed by atoms with Gasteiger partial charge >= 0.3 is 5.97 Å². The van der Waals surface area contributed by atoms with Gasteiger partial charge in [-0.15, -0.1) is 0 Å². The second kappa shape index (κ2) is 13.6. The van der Waals surface area contributed by atoms with Crippen LogP contribution in [0.4, 0.5) is 0 Å². The number of nitrogens with one attached hydrogen (secondary N) is 4. The number of amides is 3. The molecule has 5 atom stereocenters. The number of carbonyl (C=O) groups is 4. The molecule has 1 fully saturated rings. The van der Waals surface area contributed by atoms with Crippen molar-refractivity contribution in [3.8, 4) is 0 Å². The van der Waals surface area contributed by atoms with Crippen LogP contribution in [0.25, 0.3) is 0 Å². The van der Waals surface area contributed by atoms with Crippen LogP contribution in [0.1, 0.15) is 53.4 Å². The quantitative estimate of drug-likeness (QED) is 0.274. The molecule has 0 saturated carbocycles. The molecule has 0 aliphatic carbocycles. The minimum atomic E-state index is -1.11. The average Bonchev–Trinajstić information content (AvgIpc) is 3.26. The highest BCUT2D eigenvalue weighted by Gasteiger charge is 2.34. The van der Waals surface area contributed by atoms with Crippen LogP contribution >= 0.6 is 11.8 Å². The van der Waals surface area contributed by atoms with Gasteiger partial charge in [0.2, 0.25) is 17.7 Å². The molecule has 1 aliphatic heterocycles. The number of aliphatic carboxylic acids is 1. The van der Waals surface area contributed by atoms with Gasteiger partial charge in [-0.2, -0.15) is 11.8 Å². The molecule has 5 unspecified atom stereocenters. The summed E-state index contributed by atoms with van der Waals surface area (Å²) in [6.07, 6.45) is 4.47. The summed E-state index contributed by atoms with van der Waals surface area (Å²) in [6, 6.07) is -3.01. The topological polar surface area (TPSA) is 137 Å². The molecule has 10 heteroatoms. The zero-order chi connectivity index (χ0) is 23.6. The van der Waals surface area contributed by atoms with Crippen LogP contribution in [-0.2, 0) is 19.2 Å². The summed E-state index contributed by atoms with van der Waals surface area (Å²) >= 11 is 1.50. The van der Waals surface area contributed by atoms with Gasteiger partial charge in [0.05, 0.1) is 6.04 Å². The number of hydrogen-bond acceptors (Lipinski definition) is 6. The van der Waals surface area contributed by atoms with Crippen molar-refractivity contribution >= 4 is 35.5 Å². The average molecular weight is 459 g/mol. The number of thioether (sulfide) groups is 1. The predicted molar refractivity (Wildman–Crippen MR) is 122 cm³/mol. The zero-order valence-corrected chi connectivity index (χ0v) is 20.0. The summed E-state index contributed by atoms with van der Waals surface area (Å²) in [4.78, 5) is 49.9. The first-order chi connectivity index (χ1) is 14.6. The summed E-state index contributed by atoms with van der Waals surface area (Å²) in [7, 11) is 0. The standard InChI is InChI=1S/C21H38N4O5S/c1-6-13(4)17(25-18(26)14-8-7-10-22-14)20(28)24-16(12(2)3)19(27)23-15(21(29)30)9-11-31-5/h12-17,22H,6-11H2,1-5H3,(H,23,27)(H,24,28)(H,25,26)(H,29,30). The molecule has 0 aromatic heterocycles. The maximum absolute atomic E-state index is 13.1. The van der Waals surface area contributed by atoms with Crippen molar-refractivity contribution in [1.29, 1.82) is 0 Å². The molecule has 0 bridgehead atoms. The van der Waals surface area contributed by atoms with Gasteiger partial charge in [0.1, 0.15) is 18.1 Å². The third-order valence-electron chi connectivity index (χ3n) is 5.64. The van der Waals surface area contributed by atoms with Crippen LogP contribution in [0, 0.1) is 11.8 Å². The zero-order valence-electron chi connectivity index (χ0n) is 19.2. The fraction of sp³-hybridized carbons (Fsp3) is 0.810. The van der Waals surface area contributed by atoms with Crippen molar-refractivity contribution in [2.24, 2.45) is 11.8 Å². The Bertz CT molecular complexity index is 625. The first-order valence-electron chi connectivity index (χ1n) is 11.0. The van der Waals surface area contributed by atoms with Crippen molar-refractivity contribution < 1.29 is 24.3 Å². The Balaban J connectivity index is 2.88. The molecule has 9 nitrogen and oxygen atoms in total. The summed E-state index contributed by atoms with van der Waals surface area (Å²) < 4.78 is 0. The van der Waals surface area contributed by atoms with Crippen LogP contribution in [0.5, 0.6) is 0 Å². The molecule has 1 saturated heterocycles. The van der Waals surface area contributed by atoms with Gasteiger partial charge in [-0.3, -0.25) is 14.4 Å². The molecule has 3 amide bonds. The maximum Gasteiger partial charge on any atom is 0.326 e. The first-order valence-corrected chi connectivity index (χ1v) is 12.4. The van der Waals surface area contributed by atoms with E-state index in [0.717, 1.165) is 19.4 Å².